The first kappa shape index (κ1) is 11.5. The van der Waals surface area contributed by atoms with Crippen molar-refractivity contribution in [3.8, 4) is 0 Å². The van der Waals surface area contributed by atoms with Gasteiger partial charge >= 0.3 is 0 Å². The average Bonchev–Trinajstić information content (AvgIpc) is 2.69. The van der Waals surface area contributed by atoms with Crippen molar-refractivity contribution in [1.82, 2.24) is 10.6 Å². The van der Waals surface area contributed by atoms with Crippen molar-refractivity contribution >= 4 is 5.91 Å². The topological polar surface area (TPSA) is 61.4 Å². The van der Waals surface area contributed by atoms with E-state index in [-0.39, 0.29) is 24.5 Å². The lowest BCUT2D eigenvalue weighted by molar-refractivity contribution is -0.125. The van der Waals surface area contributed by atoms with Gasteiger partial charge in [0.15, 0.2) is 0 Å². The molecule has 0 aromatic heterocycles. The number of carbonyl (C=O) groups is 1. The second kappa shape index (κ2) is 5.98. The summed E-state index contributed by atoms with van der Waals surface area (Å²) in [7, 11) is 0. The van der Waals surface area contributed by atoms with Crippen LogP contribution in [0.1, 0.15) is 26.2 Å². The van der Waals surface area contributed by atoms with Crippen molar-refractivity contribution in [3.05, 3.63) is 0 Å². The fourth-order valence-corrected chi connectivity index (χ4v) is 1.73. The second-order valence-electron chi connectivity index (χ2n) is 3.82. The zero-order valence-corrected chi connectivity index (χ0v) is 8.75. The highest BCUT2D eigenvalue weighted by Crippen LogP contribution is 2.08. The van der Waals surface area contributed by atoms with E-state index in [9.17, 15) is 4.79 Å². The van der Waals surface area contributed by atoms with Crippen LogP contribution in [0.3, 0.4) is 0 Å². The Morgan fingerprint density at radius 2 is 2.50 bits per heavy atom. The Kier molecular flexibility index (Phi) is 4.90. The molecule has 82 valence electrons. The van der Waals surface area contributed by atoms with E-state index in [1.54, 1.807) is 0 Å². The largest absolute Gasteiger partial charge is 0.396 e. The first-order valence-electron chi connectivity index (χ1n) is 5.39. The molecule has 0 saturated carbocycles. The van der Waals surface area contributed by atoms with Gasteiger partial charge in [0.2, 0.25) is 5.91 Å². The standard InChI is InChI=1S/C10H20N2O2/c1-2-9(4-6-13)12-10(14)8-3-5-11-7-8/h8-9,11,13H,2-7H2,1H3,(H,12,14). The third kappa shape index (κ3) is 3.27. The minimum absolute atomic E-state index is 0.128. The fourth-order valence-electron chi connectivity index (χ4n) is 1.73. The van der Waals surface area contributed by atoms with Crippen LogP contribution in [-0.2, 0) is 4.79 Å². The Labute approximate surface area is 85.1 Å². The van der Waals surface area contributed by atoms with Crippen molar-refractivity contribution in [2.24, 2.45) is 5.92 Å². The molecule has 1 aliphatic rings. The highest BCUT2D eigenvalue weighted by Gasteiger charge is 2.23. The molecule has 0 bridgehead atoms. The molecule has 2 atom stereocenters. The number of hydrogen-bond acceptors (Lipinski definition) is 3. The summed E-state index contributed by atoms with van der Waals surface area (Å²) in [5.41, 5.74) is 0. The van der Waals surface area contributed by atoms with E-state index in [0.29, 0.717) is 6.42 Å². The summed E-state index contributed by atoms with van der Waals surface area (Å²) < 4.78 is 0. The van der Waals surface area contributed by atoms with E-state index >= 15 is 0 Å². The number of carbonyl (C=O) groups excluding carboxylic acids is 1. The Hall–Kier alpha value is -0.610. The molecular formula is C10H20N2O2. The van der Waals surface area contributed by atoms with Crippen LogP contribution >= 0.6 is 0 Å². The van der Waals surface area contributed by atoms with Gasteiger partial charge in [0.1, 0.15) is 0 Å². The molecule has 4 heteroatoms. The van der Waals surface area contributed by atoms with Crippen LogP contribution in [-0.4, -0.2) is 36.8 Å². The predicted octanol–water partition coefficient (Wildman–Crippen LogP) is -0.127. The van der Waals surface area contributed by atoms with Crippen LogP contribution in [0.15, 0.2) is 0 Å². The Morgan fingerprint density at radius 1 is 1.71 bits per heavy atom. The maximum absolute atomic E-state index is 11.7. The van der Waals surface area contributed by atoms with Gasteiger partial charge in [0, 0.05) is 19.2 Å². The molecule has 1 aliphatic heterocycles. The van der Waals surface area contributed by atoms with Gasteiger partial charge in [-0.2, -0.15) is 0 Å². The smallest absolute Gasteiger partial charge is 0.224 e. The quantitative estimate of drug-likeness (QED) is 0.579. The molecule has 3 N–H and O–H groups in total. The molecule has 0 aromatic carbocycles. The zero-order chi connectivity index (χ0) is 10.4. The minimum Gasteiger partial charge on any atom is -0.396 e. The van der Waals surface area contributed by atoms with Crippen molar-refractivity contribution in [3.63, 3.8) is 0 Å². The summed E-state index contributed by atoms with van der Waals surface area (Å²) in [6.07, 6.45) is 2.47. The van der Waals surface area contributed by atoms with Crippen LogP contribution in [0.2, 0.25) is 0 Å². The van der Waals surface area contributed by atoms with E-state index in [0.717, 1.165) is 25.9 Å². The minimum atomic E-state index is 0.128. The molecule has 1 amide bonds. The number of aliphatic hydroxyl groups is 1. The maximum Gasteiger partial charge on any atom is 0.224 e. The van der Waals surface area contributed by atoms with Gasteiger partial charge in [-0.25, -0.2) is 0 Å². The van der Waals surface area contributed by atoms with Gasteiger partial charge in [0.25, 0.3) is 0 Å². The van der Waals surface area contributed by atoms with Gasteiger partial charge in [-0.15, -0.1) is 0 Å². The molecule has 1 heterocycles. The molecule has 0 aromatic rings. The Balaban J connectivity index is 2.29. The molecule has 4 nitrogen and oxygen atoms in total. The summed E-state index contributed by atoms with van der Waals surface area (Å²) in [6, 6.07) is 0.133. The van der Waals surface area contributed by atoms with Crippen LogP contribution in [0.25, 0.3) is 0 Å². The molecule has 1 rings (SSSR count). The first-order valence-corrected chi connectivity index (χ1v) is 5.39. The number of nitrogens with one attached hydrogen (secondary N) is 2. The van der Waals surface area contributed by atoms with Crippen LogP contribution in [0.5, 0.6) is 0 Å². The van der Waals surface area contributed by atoms with Gasteiger partial charge in [-0.3, -0.25) is 4.79 Å². The van der Waals surface area contributed by atoms with Crippen LogP contribution in [0, 0.1) is 5.92 Å². The lowest BCUT2D eigenvalue weighted by Gasteiger charge is -2.18. The van der Waals surface area contributed by atoms with E-state index in [1.807, 2.05) is 6.92 Å². The van der Waals surface area contributed by atoms with E-state index < -0.39 is 0 Å². The van der Waals surface area contributed by atoms with E-state index in [4.69, 9.17) is 5.11 Å². The molecule has 14 heavy (non-hydrogen) atoms. The van der Waals surface area contributed by atoms with Crippen molar-refractivity contribution in [2.75, 3.05) is 19.7 Å². The van der Waals surface area contributed by atoms with E-state index in [1.165, 1.54) is 0 Å². The SMILES string of the molecule is CCC(CCO)NC(=O)C1CCNC1. The number of amides is 1. The van der Waals surface area contributed by atoms with Crippen molar-refractivity contribution < 1.29 is 9.90 Å². The average molecular weight is 200 g/mol. The number of aliphatic hydroxyl groups excluding tert-OH is 1. The van der Waals surface area contributed by atoms with E-state index in [2.05, 4.69) is 10.6 Å². The Morgan fingerprint density at radius 3 is 3.00 bits per heavy atom. The fraction of sp³-hybridized carbons (Fsp3) is 0.900. The summed E-state index contributed by atoms with van der Waals surface area (Å²) in [5, 5.41) is 14.9. The highest BCUT2D eigenvalue weighted by atomic mass is 16.3. The van der Waals surface area contributed by atoms with Crippen LogP contribution < -0.4 is 10.6 Å². The summed E-state index contributed by atoms with van der Waals surface area (Å²) in [5.74, 6) is 0.262. The van der Waals surface area contributed by atoms with Crippen molar-refractivity contribution in [1.29, 1.82) is 0 Å². The van der Waals surface area contributed by atoms with Crippen molar-refractivity contribution in [2.45, 2.75) is 32.2 Å². The maximum atomic E-state index is 11.7. The monoisotopic (exact) mass is 200 g/mol. The van der Waals surface area contributed by atoms with Gasteiger partial charge in [-0.05, 0) is 25.8 Å². The Bertz CT molecular complexity index is 179. The third-order valence-corrected chi connectivity index (χ3v) is 2.75. The predicted molar refractivity (Wildman–Crippen MR) is 54.9 cm³/mol. The molecule has 1 saturated heterocycles. The van der Waals surface area contributed by atoms with Gasteiger partial charge in [-0.1, -0.05) is 6.92 Å². The van der Waals surface area contributed by atoms with Gasteiger partial charge < -0.3 is 15.7 Å². The molecule has 0 radical (unpaired) electrons. The van der Waals surface area contributed by atoms with Gasteiger partial charge in [0.05, 0.1) is 5.92 Å². The summed E-state index contributed by atoms with van der Waals surface area (Å²) in [6.45, 7) is 3.89. The first-order chi connectivity index (χ1) is 6.77. The van der Waals surface area contributed by atoms with Crippen LogP contribution in [0.4, 0.5) is 0 Å². The molecule has 2 unspecified atom stereocenters. The molecule has 0 aliphatic carbocycles. The summed E-state index contributed by atoms with van der Waals surface area (Å²) in [4.78, 5) is 11.7. The lowest BCUT2D eigenvalue weighted by atomic mass is 10.1. The lowest BCUT2D eigenvalue weighted by Crippen LogP contribution is -2.39. The molecular weight excluding hydrogens is 180 g/mol. The highest BCUT2D eigenvalue weighted by molar-refractivity contribution is 5.79. The third-order valence-electron chi connectivity index (χ3n) is 2.75. The molecule has 1 fully saturated rings. The summed E-state index contributed by atoms with van der Waals surface area (Å²) >= 11 is 0. The molecule has 0 spiro atoms. The number of rotatable bonds is 5. The normalized spacial score (nSPS) is 23.4. The zero-order valence-electron chi connectivity index (χ0n) is 8.75. The number of hydrogen-bond donors (Lipinski definition) is 3. The second-order valence-corrected chi connectivity index (χ2v) is 3.82.